The van der Waals surface area contributed by atoms with Gasteiger partial charge in [-0.15, -0.1) is 0 Å². The fraction of sp³-hybridized carbons (Fsp3) is 0.250. The molecule has 0 aliphatic rings. The van der Waals surface area contributed by atoms with Crippen LogP contribution in [0.2, 0.25) is 0 Å². The second kappa shape index (κ2) is 5.13. The minimum absolute atomic E-state index is 0.558. The Balaban J connectivity index is 2.19. The van der Waals surface area contributed by atoms with Crippen LogP contribution >= 0.6 is 0 Å². The van der Waals surface area contributed by atoms with Gasteiger partial charge in [0, 0.05) is 0 Å². The van der Waals surface area contributed by atoms with Crippen LogP contribution in [0.15, 0.2) is 36.4 Å². The molecule has 0 aliphatic carbocycles. The summed E-state index contributed by atoms with van der Waals surface area (Å²) < 4.78 is 5.86. The number of anilines is 1. The number of nitrogens with two attached hydrogens (primary N) is 1. The van der Waals surface area contributed by atoms with Gasteiger partial charge in [-0.2, -0.15) is 0 Å². The molecule has 0 radical (unpaired) electrons. The number of hydrogen-bond acceptors (Lipinski definition) is 2. The highest BCUT2D eigenvalue weighted by Gasteiger charge is 2.05. The van der Waals surface area contributed by atoms with Gasteiger partial charge in [-0.25, -0.2) is 0 Å². The highest BCUT2D eigenvalue weighted by molar-refractivity contribution is 5.56. The van der Waals surface area contributed by atoms with Crippen molar-refractivity contribution in [1.82, 2.24) is 0 Å². The first-order valence-corrected chi connectivity index (χ1v) is 6.12. The van der Waals surface area contributed by atoms with E-state index in [1.54, 1.807) is 0 Å². The molecule has 18 heavy (non-hydrogen) atoms. The van der Waals surface area contributed by atoms with Gasteiger partial charge < -0.3 is 10.5 Å². The summed E-state index contributed by atoms with van der Waals surface area (Å²) in [6.45, 7) is 6.75. The molecule has 0 saturated carbocycles. The smallest absolute Gasteiger partial charge is 0.145 e. The molecule has 2 N–H and O–H groups in total. The quantitative estimate of drug-likeness (QED) is 0.830. The molecular weight excluding hydrogens is 222 g/mol. The van der Waals surface area contributed by atoms with Crippen molar-refractivity contribution < 1.29 is 4.74 Å². The first-order chi connectivity index (χ1) is 8.58. The van der Waals surface area contributed by atoms with Gasteiger partial charge in [0.1, 0.15) is 12.4 Å². The molecule has 2 nitrogen and oxygen atoms in total. The zero-order valence-corrected chi connectivity index (χ0v) is 11.2. The van der Waals surface area contributed by atoms with E-state index < -0.39 is 0 Å². The summed E-state index contributed by atoms with van der Waals surface area (Å²) in [5.74, 6) is 0.790. The lowest BCUT2D eigenvalue weighted by atomic mass is 10.1. The Morgan fingerprint density at radius 1 is 1.00 bits per heavy atom. The van der Waals surface area contributed by atoms with Crippen molar-refractivity contribution >= 4 is 5.69 Å². The number of nitrogen functional groups attached to an aromatic ring is 1. The van der Waals surface area contributed by atoms with E-state index >= 15 is 0 Å². The van der Waals surface area contributed by atoms with Crippen molar-refractivity contribution in [2.75, 3.05) is 5.73 Å². The van der Waals surface area contributed by atoms with Crippen LogP contribution in [0.5, 0.6) is 5.75 Å². The fourth-order valence-electron chi connectivity index (χ4n) is 1.98. The summed E-state index contributed by atoms with van der Waals surface area (Å²) >= 11 is 0. The van der Waals surface area contributed by atoms with Crippen LogP contribution in [0.3, 0.4) is 0 Å². The van der Waals surface area contributed by atoms with Gasteiger partial charge in [-0.3, -0.25) is 0 Å². The Morgan fingerprint density at radius 2 is 1.78 bits per heavy atom. The minimum Gasteiger partial charge on any atom is -0.486 e. The molecule has 0 amide bonds. The molecule has 0 saturated heterocycles. The lowest BCUT2D eigenvalue weighted by Gasteiger charge is -2.13. The SMILES string of the molecule is Cc1ccc(C)c(COc2c(C)cccc2N)c1. The van der Waals surface area contributed by atoms with Crippen molar-refractivity contribution in [2.24, 2.45) is 0 Å². The van der Waals surface area contributed by atoms with Gasteiger partial charge in [0.25, 0.3) is 0 Å². The second-order valence-corrected chi connectivity index (χ2v) is 4.71. The van der Waals surface area contributed by atoms with Crippen molar-refractivity contribution in [3.63, 3.8) is 0 Å². The third kappa shape index (κ3) is 2.65. The Hall–Kier alpha value is -1.96. The van der Waals surface area contributed by atoms with Crippen LogP contribution in [0.4, 0.5) is 5.69 Å². The van der Waals surface area contributed by atoms with E-state index in [4.69, 9.17) is 10.5 Å². The average molecular weight is 241 g/mol. The lowest BCUT2D eigenvalue weighted by Crippen LogP contribution is -2.02. The van der Waals surface area contributed by atoms with Gasteiger partial charge in [0.2, 0.25) is 0 Å². The average Bonchev–Trinajstić information content (AvgIpc) is 2.33. The number of aryl methyl sites for hydroxylation is 3. The van der Waals surface area contributed by atoms with Crippen LogP contribution in [-0.4, -0.2) is 0 Å². The van der Waals surface area contributed by atoms with Crippen molar-refractivity contribution in [3.05, 3.63) is 58.7 Å². The predicted octanol–water partition coefficient (Wildman–Crippen LogP) is 3.77. The van der Waals surface area contributed by atoms with E-state index in [0.29, 0.717) is 12.3 Å². The van der Waals surface area contributed by atoms with Crippen molar-refractivity contribution in [3.8, 4) is 5.75 Å². The molecule has 2 aromatic carbocycles. The molecule has 0 fully saturated rings. The number of hydrogen-bond donors (Lipinski definition) is 1. The van der Waals surface area contributed by atoms with Crippen LogP contribution < -0.4 is 10.5 Å². The second-order valence-electron chi connectivity index (χ2n) is 4.71. The Kier molecular flexibility index (Phi) is 3.56. The summed E-state index contributed by atoms with van der Waals surface area (Å²) in [6, 6.07) is 12.2. The number of ether oxygens (including phenoxy) is 1. The van der Waals surface area contributed by atoms with Crippen LogP contribution in [0.1, 0.15) is 22.3 Å². The molecule has 0 unspecified atom stereocenters. The highest BCUT2D eigenvalue weighted by Crippen LogP contribution is 2.26. The summed E-state index contributed by atoms with van der Waals surface area (Å²) in [5, 5.41) is 0. The summed E-state index contributed by atoms with van der Waals surface area (Å²) in [4.78, 5) is 0. The Morgan fingerprint density at radius 3 is 2.50 bits per heavy atom. The van der Waals surface area contributed by atoms with Crippen LogP contribution in [0, 0.1) is 20.8 Å². The molecule has 94 valence electrons. The minimum atomic E-state index is 0.558. The van der Waals surface area contributed by atoms with Gasteiger partial charge in [0.05, 0.1) is 5.69 Å². The lowest BCUT2D eigenvalue weighted by molar-refractivity contribution is 0.305. The summed E-state index contributed by atoms with van der Waals surface area (Å²) in [7, 11) is 0. The molecule has 0 atom stereocenters. The van der Waals surface area contributed by atoms with Crippen LogP contribution in [-0.2, 0) is 6.61 Å². The fourth-order valence-corrected chi connectivity index (χ4v) is 1.98. The number of rotatable bonds is 3. The standard InChI is InChI=1S/C16H19NO/c1-11-7-8-12(2)14(9-11)10-18-16-13(3)5-4-6-15(16)17/h4-9H,10,17H2,1-3H3. The van der Waals surface area contributed by atoms with Crippen molar-refractivity contribution in [1.29, 1.82) is 0 Å². The molecule has 2 heteroatoms. The van der Waals surface area contributed by atoms with E-state index in [1.807, 2.05) is 25.1 Å². The molecule has 0 aromatic heterocycles. The summed E-state index contributed by atoms with van der Waals surface area (Å²) in [6.07, 6.45) is 0. The van der Waals surface area contributed by atoms with Crippen molar-refractivity contribution in [2.45, 2.75) is 27.4 Å². The molecule has 0 aliphatic heterocycles. The van der Waals surface area contributed by atoms with Gasteiger partial charge in [0.15, 0.2) is 0 Å². The normalized spacial score (nSPS) is 10.4. The third-order valence-corrected chi connectivity index (χ3v) is 3.12. The molecule has 2 aromatic rings. The zero-order chi connectivity index (χ0) is 13.1. The maximum Gasteiger partial charge on any atom is 0.145 e. The molecule has 0 spiro atoms. The number of benzene rings is 2. The summed E-state index contributed by atoms with van der Waals surface area (Å²) in [5.41, 5.74) is 11.4. The van der Waals surface area contributed by atoms with Gasteiger partial charge in [-0.05, 0) is 43.5 Å². The first kappa shape index (κ1) is 12.5. The zero-order valence-electron chi connectivity index (χ0n) is 11.2. The Bertz CT molecular complexity index is 541. The highest BCUT2D eigenvalue weighted by atomic mass is 16.5. The molecule has 2 rings (SSSR count). The van der Waals surface area contributed by atoms with E-state index in [9.17, 15) is 0 Å². The first-order valence-electron chi connectivity index (χ1n) is 6.12. The van der Waals surface area contributed by atoms with Gasteiger partial charge in [-0.1, -0.05) is 35.9 Å². The van der Waals surface area contributed by atoms with E-state index in [-0.39, 0.29) is 0 Å². The number of para-hydroxylation sites is 1. The van der Waals surface area contributed by atoms with E-state index in [1.165, 1.54) is 16.7 Å². The molecule has 0 bridgehead atoms. The topological polar surface area (TPSA) is 35.2 Å². The largest absolute Gasteiger partial charge is 0.486 e. The Labute approximate surface area is 108 Å². The molecule has 0 heterocycles. The monoisotopic (exact) mass is 241 g/mol. The van der Waals surface area contributed by atoms with Crippen LogP contribution in [0.25, 0.3) is 0 Å². The predicted molar refractivity (Wildman–Crippen MR) is 75.8 cm³/mol. The third-order valence-electron chi connectivity index (χ3n) is 3.12. The van der Waals surface area contributed by atoms with Gasteiger partial charge >= 0.3 is 0 Å². The maximum atomic E-state index is 5.93. The van der Waals surface area contributed by atoms with E-state index in [2.05, 4.69) is 32.0 Å². The maximum absolute atomic E-state index is 5.93. The molecular formula is C16H19NO. The van der Waals surface area contributed by atoms with E-state index in [0.717, 1.165) is 11.3 Å².